The molecule has 158 valence electrons. The number of rotatable bonds is 4. The number of ether oxygens (including phenoxy) is 1. The van der Waals surface area contributed by atoms with Crippen molar-refractivity contribution in [3.8, 4) is 11.8 Å². The lowest BCUT2D eigenvalue weighted by molar-refractivity contribution is -0.117. The number of nitrogens with zero attached hydrogens (tertiary/aromatic N) is 3. The van der Waals surface area contributed by atoms with E-state index in [1.54, 1.807) is 7.11 Å². The van der Waals surface area contributed by atoms with Crippen molar-refractivity contribution in [3.05, 3.63) is 88.4 Å². The van der Waals surface area contributed by atoms with Crippen LogP contribution in [-0.4, -0.2) is 37.0 Å². The number of nitrogens with two attached hydrogens (primary N) is 1. The molecule has 0 spiro atoms. The van der Waals surface area contributed by atoms with E-state index >= 15 is 0 Å². The van der Waals surface area contributed by atoms with Gasteiger partial charge >= 0.3 is 0 Å². The van der Waals surface area contributed by atoms with Gasteiger partial charge in [-0.05, 0) is 35.6 Å². The zero-order chi connectivity index (χ0) is 22.1. The molecule has 2 N–H and O–H groups in total. The maximum absolute atomic E-state index is 13.6. The molecule has 2 aliphatic rings. The molecule has 1 aliphatic carbocycles. The van der Waals surface area contributed by atoms with Crippen LogP contribution in [0.3, 0.4) is 0 Å². The van der Waals surface area contributed by atoms with E-state index in [1.807, 2.05) is 66.6 Å². The van der Waals surface area contributed by atoms with Crippen LogP contribution >= 0.6 is 0 Å². The number of hydrogen-bond donors (Lipinski definition) is 1. The summed E-state index contributed by atoms with van der Waals surface area (Å²) in [5.74, 6) is 0.740. The minimum Gasteiger partial charge on any atom is -0.497 e. The Hall–Kier alpha value is -3.56. The predicted molar refractivity (Wildman–Crippen MR) is 119 cm³/mol. The fourth-order valence-electron chi connectivity index (χ4n) is 4.66. The van der Waals surface area contributed by atoms with Gasteiger partial charge in [0.05, 0.1) is 24.7 Å². The average Bonchev–Trinajstić information content (AvgIpc) is 2.78. The molecule has 0 radical (unpaired) electrons. The molecule has 0 amide bonds. The Morgan fingerprint density at radius 3 is 2.32 bits per heavy atom. The Bertz CT molecular complexity index is 1090. The first kappa shape index (κ1) is 20.7. The van der Waals surface area contributed by atoms with Gasteiger partial charge < -0.3 is 10.5 Å². The van der Waals surface area contributed by atoms with E-state index in [0.717, 1.165) is 22.6 Å². The summed E-state index contributed by atoms with van der Waals surface area (Å²) >= 11 is 0. The third-order valence-corrected chi connectivity index (χ3v) is 6.06. The predicted octanol–water partition coefficient (Wildman–Crippen LogP) is 3.67. The lowest BCUT2D eigenvalue weighted by atomic mass is 9.72. The van der Waals surface area contributed by atoms with Crippen LogP contribution in [0.15, 0.2) is 77.3 Å². The Kier molecular flexibility index (Phi) is 5.53. The van der Waals surface area contributed by atoms with Crippen molar-refractivity contribution in [2.45, 2.75) is 24.7 Å². The van der Waals surface area contributed by atoms with E-state index in [9.17, 15) is 10.1 Å². The zero-order valence-electron chi connectivity index (χ0n) is 18.0. The van der Waals surface area contributed by atoms with Gasteiger partial charge in [0, 0.05) is 31.8 Å². The Balaban J connectivity index is 1.87. The Morgan fingerprint density at radius 1 is 1.06 bits per heavy atom. The van der Waals surface area contributed by atoms with Gasteiger partial charge in [0.15, 0.2) is 5.78 Å². The van der Waals surface area contributed by atoms with Gasteiger partial charge in [0.1, 0.15) is 11.6 Å². The summed E-state index contributed by atoms with van der Waals surface area (Å²) in [6.45, 7) is 0. The van der Waals surface area contributed by atoms with E-state index < -0.39 is 5.92 Å². The van der Waals surface area contributed by atoms with Crippen LogP contribution in [0.1, 0.15) is 35.8 Å². The van der Waals surface area contributed by atoms with Crippen molar-refractivity contribution >= 4 is 5.78 Å². The summed E-state index contributed by atoms with van der Waals surface area (Å²) < 4.78 is 5.27. The molecule has 2 aromatic carbocycles. The highest BCUT2D eigenvalue weighted by atomic mass is 16.5. The molecular weight excluding hydrogens is 388 g/mol. The number of hydrazine groups is 1. The largest absolute Gasteiger partial charge is 0.497 e. The van der Waals surface area contributed by atoms with Crippen molar-refractivity contribution in [2.24, 2.45) is 5.73 Å². The molecule has 0 saturated heterocycles. The monoisotopic (exact) mass is 414 g/mol. The molecule has 0 aromatic heterocycles. The smallest absolute Gasteiger partial charge is 0.162 e. The second-order valence-electron chi connectivity index (χ2n) is 8.08. The number of ketones is 1. The van der Waals surface area contributed by atoms with E-state index in [1.165, 1.54) is 0 Å². The van der Waals surface area contributed by atoms with Crippen LogP contribution in [0, 0.1) is 11.3 Å². The van der Waals surface area contributed by atoms with Crippen molar-refractivity contribution in [2.75, 3.05) is 21.2 Å². The van der Waals surface area contributed by atoms with Crippen molar-refractivity contribution in [1.29, 1.82) is 5.26 Å². The second-order valence-corrected chi connectivity index (χ2v) is 8.08. The SMILES string of the molecule is COc1ccc([C@@H]2C(C#N)=C(N)N(N(C)C)C3=C2C(=O)C[C@@H](c2ccccc2)C3)cc1. The topological polar surface area (TPSA) is 82.6 Å². The Labute approximate surface area is 182 Å². The molecule has 0 fully saturated rings. The highest BCUT2D eigenvalue weighted by molar-refractivity contribution is 6.00. The number of benzene rings is 2. The third-order valence-electron chi connectivity index (χ3n) is 6.06. The molecular formula is C25H26N4O2. The normalized spacial score (nSPS) is 21.3. The number of carbonyl (C=O) groups excluding carboxylic acids is 1. The first-order valence-corrected chi connectivity index (χ1v) is 10.3. The molecule has 4 rings (SSSR count). The van der Waals surface area contributed by atoms with E-state index in [0.29, 0.717) is 29.8 Å². The minimum absolute atomic E-state index is 0.0584. The molecule has 0 unspecified atom stereocenters. The second kappa shape index (κ2) is 8.29. The van der Waals surface area contributed by atoms with E-state index in [4.69, 9.17) is 10.5 Å². The number of Topliss-reactive ketones (excluding diaryl/α,β-unsaturated/α-hetero) is 1. The van der Waals surface area contributed by atoms with E-state index in [2.05, 4.69) is 18.2 Å². The standard InChI is InChI=1S/C25H26N4O2/c1-28(2)29-21-13-18(16-7-5-4-6-8-16)14-22(30)24(21)23(20(15-26)25(29)27)17-9-11-19(31-3)12-10-17/h4-12,18,23H,13-14,27H2,1-3H3/t18-,23+/m0/s1. The molecule has 0 saturated carbocycles. The average molecular weight is 415 g/mol. The lowest BCUT2D eigenvalue weighted by Crippen LogP contribution is -2.46. The lowest BCUT2D eigenvalue weighted by Gasteiger charge is -2.43. The van der Waals surface area contributed by atoms with Crippen molar-refractivity contribution in [1.82, 2.24) is 10.0 Å². The highest BCUT2D eigenvalue weighted by Gasteiger charge is 2.43. The summed E-state index contributed by atoms with van der Waals surface area (Å²) in [6.07, 6.45) is 1.09. The van der Waals surface area contributed by atoms with Gasteiger partial charge in [-0.25, -0.2) is 5.01 Å². The molecule has 6 heteroatoms. The molecule has 2 atom stereocenters. The summed E-state index contributed by atoms with van der Waals surface area (Å²) in [5, 5.41) is 13.7. The maximum Gasteiger partial charge on any atom is 0.162 e. The highest BCUT2D eigenvalue weighted by Crippen LogP contribution is 2.48. The number of methoxy groups -OCH3 is 1. The summed E-state index contributed by atoms with van der Waals surface area (Å²) in [7, 11) is 5.35. The fraction of sp³-hybridized carbons (Fsp3) is 0.280. The fourth-order valence-corrected chi connectivity index (χ4v) is 4.66. The molecule has 0 bridgehead atoms. The zero-order valence-corrected chi connectivity index (χ0v) is 18.0. The summed E-state index contributed by atoms with van der Waals surface area (Å²) in [6, 6.07) is 19.9. The van der Waals surface area contributed by atoms with E-state index in [-0.39, 0.29) is 11.7 Å². The van der Waals surface area contributed by atoms with Crippen LogP contribution in [0.5, 0.6) is 5.75 Å². The summed E-state index contributed by atoms with van der Waals surface area (Å²) in [4.78, 5) is 13.6. The van der Waals surface area contributed by atoms with Gasteiger partial charge in [-0.1, -0.05) is 42.5 Å². The maximum atomic E-state index is 13.6. The molecule has 6 nitrogen and oxygen atoms in total. The van der Waals surface area contributed by atoms with Crippen LogP contribution < -0.4 is 10.5 Å². The van der Waals surface area contributed by atoms with Crippen molar-refractivity contribution in [3.63, 3.8) is 0 Å². The molecule has 1 aliphatic heterocycles. The van der Waals surface area contributed by atoms with Gasteiger partial charge in [-0.2, -0.15) is 5.26 Å². The number of carbonyl (C=O) groups is 1. The first-order chi connectivity index (χ1) is 15.0. The van der Waals surface area contributed by atoms with Crippen LogP contribution in [0.4, 0.5) is 0 Å². The quantitative estimate of drug-likeness (QED) is 0.822. The van der Waals surface area contributed by atoms with Gasteiger partial charge in [0.25, 0.3) is 0 Å². The third kappa shape index (κ3) is 3.58. The van der Waals surface area contributed by atoms with Gasteiger partial charge in [-0.3, -0.25) is 9.80 Å². The Morgan fingerprint density at radius 2 is 1.74 bits per heavy atom. The number of allylic oxidation sites excluding steroid dienone is 3. The number of nitriles is 1. The molecule has 31 heavy (non-hydrogen) atoms. The number of hydrogen-bond acceptors (Lipinski definition) is 6. The summed E-state index contributed by atoms with van der Waals surface area (Å²) in [5.41, 5.74) is 10.4. The first-order valence-electron chi connectivity index (χ1n) is 10.3. The minimum atomic E-state index is -0.480. The van der Waals surface area contributed by atoms with Crippen LogP contribution in [-0.2, 0) is 4.79 Å². The van der Waals surface area contributed by atoms with Gasteiger partial charge in [-0.15, -0.1) is 0 Å². The molecule has 2 aromatic rings. The van der Waals surface area contributed by atoms with Crippen LogP contribution in [0.25, 0.3) is 0 Å². The van der Waals surface area contributed by atoms with Gasteiger partial charge in [0.2, 0.25) is 0 Å². The van der Waals surface area contributed by atoms with Crippen molar-refractivity contribution < 1.29 is 9.53 Å². The van der Waals surface area contributed by atoms with Crippen LogP contribution in [0.2, 0.25) is 0 Å². The molecule has 1 heterocycles.